The Hall–Kier alpha value is -6.06. The number of nitrogens with one attached hydrogen (secondary N) is 2. The number of cyclic esters (lactones) is 1. The van der Waals surface area contributed by atoms with E-state index in [1.165, 1.54) is 71.2 Å². The fourth-order valence-electron chi connectivity index (χ4n) is 6.54. The molecule has 1 aromatic heterocycles. The summed E-state index contributed by atoms with van der Waals surface area (Å²) in [5.41, 5.74) is -0.802. The van der Waals surface area contributed by atoms with Crippen molar-refractivity contribution in [1.29, 1.82) is 0 Å². The number of benzene rings is 2. The van der Waals surface area contributed by atoms with Gasteiger partial charge < -0.3 is 39.8 Å². The standard InChI is InChI=1S/C40H50N4O12/c1-22-12-11-15-27(45)14-10-8-9-13-24-16-29(46)35(36(49)34(24)39(51)56-22)28(25-17-30(53-5)37(55-7)31(18-25)54-6)20-32(47)42-23(2)38(50)41-21-26-19-33(48)44(4)40(52)43(26)3/h9,13,16-19,22-23,28,46,49H,8,10-12,14-15,20-21H2,1-7H3,(H,41,50)(H,42,47). The van der Waals surface area contributed by atoms with Crippen LogP contribution in [0, 0.1) is 0 Å². The van der Waals surface area contributed by atoms with Gasteiger partial charge in [-0.1, -0.05) is 12.2 Å². The van der Waals surface area contributed by atoms with Crippen LogP contribution in [0.2, 0.25) is 0 Å². The van der Waals surface area contributed by atoms with E-state index in [1.807, 2.05) is 0 Å². The quantitative estimate of drug-likeness (QED) is 0.207. The number of phenolic OH excluding ortho intramolecular Hbond substituents is 2. The van der Waals surface area contributed by atoms with Gasteiger partial charge in [0.1, 0.15) is 28.9 Å². The lowest BCUT2D eigenvalue weighted by Crippen LogP contribution is -2.46. The van der Waals surface area contributed by atoms with Crippen molar-refractivity contribution in [2.75, 3.05) is 21.3 Å². The van der Waals surface area contributed by atoms with Crippen molar-refractivity contribution in [3.8, 4) is 28.7 Å². The number of phenols is 2. The molecule has 2 heterocycles. The van der Waals surface area contributed by atoms with Gasteiger partial charge >= 0.3 is 11.7 Å². The van der Waals surface area contributed by atoms with Crippen molar-refractivity contribution in [1.82, 2.24) is 19.8 Å². The molecule has 0 bridgehead atoms. The molecule has 1 aliphatic heterocycles. The number of aromatic nitrogens is 2. The third-order valence-corrected chi connectivity index (χ3v) is 9.72. The molecule has 0 aliphatic carbocycles. The lowest BCUT2D eigenvalue weighted by atomic mass is 9.84. The van der Waals surface area contributed by atoms with Crippen LogP contribution >= 0.6 is 0 Å². The van der Waals surface area contributed by atoms with Crippen molar-refractivity contribution in [2.45, 2.75) is 83.4 Å². The number of Topliss-reactive ketones (excluding diaryl/α,β-unsaturated/α-hetero) is 1. The second kappa shape index (κ2) is 19.0. The number of ketones is 1. The zero-order chi connectivity index (χ0) is 41.3. The summed E-state index contributed by atoms with van der Waals surface area (Å²) in [6, 6.07) is 4.48. The predicted octanol–water partition coefficient (Wildman–Crippen LogP) is 3.35. The van der Waals surface area contributed by atoms with Gasteiger partial charge in [-0.2, -0.15) is 0 Å². The van der Waals surface area contributed by atoms with Crippen LogP contribution in [-0.4, -0.2) is 76.4 Å². The maximum Gasteiger partial charge on any atom is 0.342 e. The molecular formula is C40H50N4O12. The summed E-state index contributed by atoms with van der Waals surface area (Å²) in [7, 11) is 7.00. The summed E-state index contributed by atoms with van der Waals surface area (Å²) < 4.78 is 24.5. The molecule has 16 nitrogen and oxygen atoms in total. The number of amides is 2. The SMILES string of the molecule is COc1cc(C(CC(=O)NC(C)C(=O)NCc2cc(=O)n(C)c(=O)n2C)c2c(O)cc3c(c2O)C(=O)OC(C)CCCC(=O)CCCC=C3)cc(OC)c1OC. The fourth-order valence-corrected chi connectivity index (χ4v) is 6.54. The Kier molecular flexibility index (Phi) is 14.5. The number of esters is 1. The second-order valence-electron chi connectivity index (χ2n) is 13.7. The normalized spacial score (nSPS) is 16.1. The van der Waals surface area contributed by atoms with Gasteiger partial charge in [-0.15, -0.1) is 0 Å². The number of fused-ring (bicyclic) bond motifs is 1. The molecule has 16 heteroatoms. The van der Waals surface area contributed by atoms with Crippen LogP contribution in [0.15, 0.2) is 39.9 Å². The van der Waals surface area contributed by atoms with E-state index >= 15 is 0 Å². The number of nitrogens with zero attached hydrogens (tertiary/aromatic N) is 2. The zero-order valence-electron chi connectivity index (χ0n) is 32.7. The molecule has 4 N–H and O–H groups in total. The minimum Gasteiger partial charge on any atom is -0.507 e. The number of methoxy groups -OCH3 is 3. The van der Waals surface area contributed by atoms with Gasteiger partial charge in [0.05, 0.1) is 34.0 Å². The van der Waals surface area contributed by atoms with Gasteiger partial charge in [-0.25, -0.2) is 9.59 Å². The van der Waals surface area contributed by atoms with Crippen LogP contribution in [0.3, 0.4) is 0 Å². The van der Waals surface area contributed by atoms with Crippen LogP contribution < -0.4 is 36.1 Å². The number of hydrogen-bond acceptors (Lipinski definition) is 12. The van der Waals surface area contributed by atoms with Crippen molar-refractivity contribution in [3.05, 3.63) is 79.1 Å². The van der Waals surface area contributed by atoms with Gasteiger partial charge in [-0.3, -0.25) is 28.3 Å². The molecular weight excluding hydrogens is 728 g/mol. The van der Waals surface area contributed by atoms with E-state index < -0.39 is 65.0 Å². The second-order valence-corrected chi connectivity index (χ2v) is 13.7. The summed E-state index contributed by atoms with van der Waals surface area (Å²) in [6.45, 7) is 2.95. The van der Waals surface area contributed by atoms with E-state index in [2.05, 4.69) is 10.6 Å². The Morgan fingerprint density at radius 2 is 1.61 bits per heavy atom. The van der Waals surface area contributed by atoms with Gasteiger partial charge in [0.2, 0.25) is 17.6 Å². The first-order valence-electron chi connectivity index (χ1n) is 18.2. The molecule has 56 heavy (non-hydrogen) atoms. The predicted molar refractivity (Wildman–Crippen MR) is 205 cm³/mol. The molecule has 0 saturated heterocycles. The van der Waals surface area contributed by atoms with Crippen LogP contribution in [0.25, 0.3) is 6.08 Å². The molecule has 0 spiro atoms. The van der Waals surface area contributed by atoms with E-state index in [0.717, 1.165) is 4.57 Å². The molecule has 1 aliphatic rings. The third-order valence-electron chi connectivity index (χ3n) is 9.72. The highest BCUT2D eigenvalue weighted by molar-refractivity contribution is 5.98. The highest BCUT2D eigenvalue weighted by Gasteiger charge is 2.33. The Morgan fingerprint density at radius 3 is 2.25 bits per heavy atom. The van der Waals surface area contributed by atoms with E-state index in [4.69, 9.17) is 18.9 Å². The molecule has 0 radical (unpaired) electrons. The van der Waals surface area contributed by atoms with Crippen LogP contribution in [0.4, 0.5) is 0 Å². The third kappa shape index (κ3) is 9.97. The molecule has 3 aromatic rings. The number of aromatic hydroxyl groups is 2. The minimum absolute atomic E-state index is 0.125. The molecule has 302 valence electrons. The van der Waals surface area contributed by atoms with E-state index in [9.17, 15) is 39.0 Å². The van der Waals surface area contributed by atoms with Crippen LogP contribution in [-0.2, 0) is 39.8 Å². The Labute approximate surface area is 324 Å². The summed E-state index contributed by atoms with van der Waals surface area (Å²) >= 11 is 0. The lowest BCUT2D eigenvalue weighted by Gasteiger charge is -2.25. The smallest absolute Gasteiger partial charge is 0.342 e. The number of hydrogen-bond donors (Lipinski definition) is 4. The average molecular weight is 779 g/mol. The largest absolute Gasteiger partial charge is 0.507 e. The van der Waals surface area contributed by atoms with Gasteiger partial charge in [-0.05, 0) is 68.9 Å². The Bertz CT molecular complexity index is 2090. The lowest BCUT2D eigenvalue weighted by molar-refractivity contribution is -0.128. The summed E-state index contributed by atoms with van der Waals surface area (Å²) in [5, 5.41) is 28.8. The Morgan fingerprint density at radius 1 is 0.946 bits per heavy atom. The molecule has 3 atom stereocenters. The highest BCUT2D eigenvalue weighted by atomic mass is 16.5. The van der Waals surface area contributed by atoms with Crippen molar-refractivity contribution >= 4 is 29.6 Å². The first-order valence-corrected chi connectivity index (χ1v) is 18.2. The topological polar surface area (TPSA) is 214 Å². The average Bonchev–Trinajstić information content (AvgIpc) is 3.15. The van der Waals surface area contributed by atoms with Gasteiger partial charge in [0.15, 0.2) is 11.5 Å². The van der Waals surface area contributed by atoms with Gasteiger partial charge in [0, 0.05) is 56.6 Å². The summed E-state index contributed by atoms with van der Waals surface area (Å²) in [6.07, 6.45) is 5.01. The number of allylic oxidation sites excluding steroid dienone is 1. The molecule has 2 amide bonds. The van der Waals surface area contributed by atoms with E-state index in [1.54, 1.807) is 19.1 Å². The maximum absolute atomic E-state index is 13.8. The Balaban J connectivity index is 1.75. The van der Waals surface area contributed by atoms with Gasteiger partial charge in [0.25, 0.3) is 5.56 Å². The number of carbonyl (C=O) groups excluding carboxylic acids is 4. The monoisotopic (exact) mass is 778 g/mol. The van der Waals surface area contributed by atoms with E-state index in [-0.39, 0.29) is 52.0 Å². The number of rotatable bonds is 11. The number of ether oxygens (including phenoxy) is 4. The molecule has 0 saturated carbocycles. The minimum atomic E-state index is -1.17. The molecule has 4 rings (SSSR count). The molecule has 0 fully saturated rings. The molecule has 3 unspecified atom stereocenters. The summed E-state index contributed by atoms with van der Waals surface area (Å²) in [5.74, 6) is -3.64. The first-order chi connectivity index (χ1) is 26.6. The van der Waals surface area contributed by atoms with Crippen molar-refractivity contribution < 1.29 is 48.3 Å². The fraction of sp³-hybridized carbons (Fsp3) is 0.450. The van der Waals surface area contributed by atoms with Crippen molar-refractivity contribution in [2.24, 2.45) is 14.1 Å². The zero-order valence-corrected chi connectivity index (χ0v) is 32.7. The summed E-state index contributed by atoms with van der Waals surface area (Å²) in [4.78, 5) is 77.4. The van der Waals surface area contributed by atoms with Crippen LogP contribution in [0.5, 0.6) is 28.7 Å². The first kappa shape index (κ1) is 42.7. The molecule has 2 aromatic carbocycles. The maximum atomic E-state index is 13.8. The van der Waals surface area contributed by atoms with E-state index in [0.29, 0.717) is 44.1 Å². The number of carbonyl (C=O) groups is 4. The van der Waals surface area contributed by atoms with Crippen LogP contribution in [0.1, 0.15) is 97.5 Å². The van der Waals surface area contributed by atoms with Crippen molar-refractivity contribution in [3.63, 3.8) is 0 Å². The highest BCUT2D eigenvalue weighted by Crippen LogP contribution is 2.47.